The van der Waals surface area contributed by atoms with Crippen LogP contribution < -0.4 is 0 Å². The summed E-state index contributed by atoms with van der Waals surface area (Å²) in [5.41, 5.74) is 0.342. The topological polar surface area (TPSA) is 17.1 Å². The zero-order chi connectivity index (χ0) is 11.8. The second-order valence-corrected chi connectivity index (χ2v) is 4.94. The molecule has 0 N–H and O–H groups in total. The second kappa shape index (κ2) is 3.96. The Kier molecular flexibility index (Phi) is 2.78. The van der Waals surface area contributed by atoms with Crippen LogP contribution in [0.2, 0.25) is 0 Å². The van der Waals surface area contributed by atoms with Crippen LogP contribution in [-0.2, 0) is 11.2 Å². The predicted molar refractivity (Wildman–Crippen MR) is 57.0 cm³/mol. The van der Waals surface area contributed by atoms with Crippen molar-refractivity contribution in [3.63, 3.8) is 0 Å². The molecule has 1 aliphatic carbocycles. The third-order valence-corrected chi connectivity index (χ3v) is 3.26. The Labute approximate surface area is 93.5 Å². The van der Waals surface area contributed by atoms with Crippen LogP contribution in [0.4, 0.5) is 8.78 Å². The quantitative estimate of drug-likeness (QED) is 0.753. The lowest BCUT2D eigenvalue weighted by Gasteiger charge is -2.22. The van der Waals surface area contributed by atoms with Gasteiger partial charge in [0, 0.05) is 18.9 Å². The van der Waals surface area contributed by atoms with Crippen LogP contribution in [0.15, 0.2) is 18.2 Å². The van der Waals surface area contributed by atoms with Crippen LogP contribution in [0, 0.1) is 17.0 Å². The maximum Gasteiger partial charge on any atom is 0.133 e. The summed E-state index contributed by atoms with van der Waals surface area (Å²) in [6.45, 7) is 1.99. The van der Waals surface area contributed by atoms with Crippen molar-refractivity contribution in [1.29, 1.82) is 0 Å². The van der Waals surface area contributed by atoms with E-state index >= 15 is 0 Å². The molecule has 0 bridgehead atoms. The van der Waals surface area contributed by atoms with E-state index in [0.29, 0.717) is 24.8 Å². The van der Waals surface area contributed by atoms with Crippen molar-refractivity contribution in [2.24, 2.45) is 5.41 Å². The number of benzene rings is 1. The van der Waals surface area contributed by atoms with Crippen molar-refractivity contribution in [1.82, 2.24) is 0 Å². The van der Waals surface area contributed by atoms with Gasteiger partial charge < -0.3 is 0 Å². The van der Waals surface area contributed by atoms with Crippen LogP contribution in [0.1, 0.15) is 31.7 Å². The van der Waals surface area contributed by atoms with Gasteiger partial charge in [-0.15, -0.1) is 0 Å². The predicted octanol–water partition coefficient (Wildman–Crippen LogP) is 3.27. The molecule has 0 amide bonds. The molecular weight excluding hydrogens is 210 g/mol. The van der Waals surface area contributed by atoms with Gasteiger partial charge in [-0.25, -0.2) is 8.78 Å². The molecule has 0 aromatic heterocycles. The fourth-order valence-corrected chi connectivity index (χ4v) is 2.37. The summed E-state index contributed by atoms with van der Waals surface area (Å²) in [6, 6.07) is 3.63. The van der Waals surface area contributed by atoms with Crippen molar-refractivity contribution in [2.45, 2.75) is 32.6 Å². The third kappa shape index (κ3) is 2.29. The summed E-state index contributed by atoms with van der Waals surface area (Å²) in [5, 5.41) is 0. The lowest BCUT2D eigenvalue weighted by atomic mass is 9.82. The van der Waals surface area contributed by atoms with Gasteiger partial charge in [-0.2, -0.15) is 0 Å². The molecule has 86 valence electrons. The van der Waals surface area contributed by atoms with E-state index in [1.807, 2.05) is 6.92 Å². The molecule has 0 spiro atoms. The molecular formula is C13H14F2O. The first-order chi connectivity index (χ1) is 7.48. The van der Waals surface area contributed by atoms with Crippen molar-refractivity contribution >= 4 is 5.78 Å². The first-order valence-corrected chi connectivity index (χ1v) is 5.44. The zero-order valence-corrected chi connectivity index (χ0v) is 9.22. The van der Waals surface area contributed by atoms with E-state index in [0.717, 1.165) is 12.5 Å². The Bertz CT molecular complexity index is 428. The summed E-state index contributed by atoms with van der Waals surface area (Å²) in [7, 11) is 0. The fraction of sp³-hybridized carbons (Fsp3) is 0.462. The van der Waals surface area contributed by atoms with Gasteiger partial charge in [-0.05, 0) is 29.9 Å². The molecule has 1 aliphatic rings. The molecule has 1 fully saturated rings. The number of hydrogen-bond donors (Lipinski definition) is 0. The molecule has 3 heteroatoms. The number of ketones is 1. The SMILES string of the molecule is CC1(Cc2ccc(F)cc2F)CCC(=O)C1. The normalized spacial score (nSPS) is 25.1. The fourth-order valence-electron chi connectivity index (χ4n) is 2.37. The minimum Gasteiger partial charge on any atom is -0.300 e. The Morgan fingerprint density at radius 3 is 2.69 bits per heavy atom. The second-order valence-electron chi connectivity index (χ2n) is 4.94. The van der Waals surface area contributed by atoms with Crippen LogP contribution in [0.3, 0.4) is 0 Å². The Morgan fingerprint density at radius 2 is 2.12 bits per heavy atom. The summed E-state index contributed by atoms with van der Waals surface area (Å²) in [4.78, 5) is 11.2. The molecule has 1 aromatic rings. The van der Waals surface area contributed by atoms with Crippen LogP contribution in [0.5, 0.6) is 0 Å². The Morgan fingerprint density at radius 1 is 1.38 bits per heavy atom. The highest BCUT2D eigenvalue weighted by Gasteiger charge is 2.34. The van der Waals surface area contributed by atoms with E-state index < -0.39 is 11.6 Å². The number of rotatable bonds is 2. The molecule has 0 saturated heterocycles. The number of carbonyl (C=O) groups is 1. The molecule has 1 saturated carbocycles. The first-order valence-electron chi connectivity index (χ1n) is 5.44. The minimum absolute atomic E-state index is 0.157. The van der Waals surface area contributed by atoms with Crippen LogP contribution in [-0.4, -0.2) is 5.78 Å². The molecule has 1 unspecified atom stereocenters. The summed E-state index contributed by atoms with van der Waals surface area (Å²) in [5.74, 6) is -0.834. The summed E-state index contributed by atoms with van der Waals surface area (Å²) < 4.78 is 26.2. The van der Waals surface area contributed by atoms with Crippen LogP contribution >= 0.6 is 0 Å². The van der Waals surface area contributed by atoms with Gasteiger partial charge in [0.25, 0.3) is 0 Å². The highest BCUT2D eigenvalue weighted by molar-refractivity contribution is 5.81. The van der Waals surface area contributed by atoms with Crippen molar-refractivity contribution < 1.29 is 13.6 Å². The number of hydrogen-bond acceptors (Lipinski definition) is 1. The minimum atomic E-state index is -0.561. The highest BCUT2D eigenvalue weighted by atomic mass is 19.1. The van der Waals surface area contributed by atoms with Crippen LogP contribution in [0.25, 0.3) is 0 Å². The van der Waals surface area contributed by atoms with Gasteiger partial charge in [0.05, 0.1) is 0 Å². The van der Waals surface area contributed by atoms with Gasteiger partial charge in [0.15, 0.2) is 0 Å². The first kappa shape index (κ1) is 11.2. The van der Waals surface area contributed by atoms with E-state index in [9.17, 15) is 13.6 Å². The molecule has 1 aromatic carbocycles. The molecule has 0 aliphatic heterocycles. The Hall–Kier alpha value is -1.25. The molecule has 0 heterocycles. The maximum atomic E-state index is 13.4. The van der Waals surface area contributed by atoms with Crippen molar-refractivity contribution in [3.8, 4) is 0 Å². The average molecular weight is 224 g/mol. The van der Waals surface area contributed by atoms with E-state index in [1.54, 1.807) is 0 Å². The van der Waals surface area contributed by atoms with Crippen molar-refractivity contribution in [3.05, 3.63) is 35.4 Å². The number of halogens is 2. The van der Waals surface area contributed by atoms with Gasteiger partial charge >= 0.3 is 0 Å². The maximum absolute atomic E-state index is 13.4. The van der Waals surface area contributed by atoms with Gasteiger partial charge in [0.1, 0.15) is 17.4 Å². The number of Topliss-reactive ketones (excluding diaryl/α,β-unsaturated/α-hetero) is 1. The number of carbonyl (C=O) groups excluding carboxylic acids is 1. The van der Waals surface area contributed by atoms with E-state index in [-0.39, 0.29) is 11.2 Å². The largest absolute Gasteiger partial charge is 0.300 e. The van der Waals surface area contributed by atoms with Gasteiger partial charge in [-0.1, -0.05) is 13.0 Å². The van der Waals surface area contributed by atoms with Crippen molar-refractivity contribution in [2.75, 3.05) is 0 Å². The molecule has 16 heavy (non-hydrogen) atoms. The highest BCUT2D eigenvalue weighted by Crippen LogP contribution is 2.38. The van der Waals surface area contributed by atoms with E-state index in [2.05, 4.69) is 0 Å². The van der Waals surface area contributed by atoms with E-state index in [1.165, 1.54) is 12.1 Å². The van der Waals surface area contributed by atoms with Gasteiger partial charge in [-0.3, -0.25) is 4.79 Å². The standard InChI is InChI=1S/C13H14F2O/c1-13(5-4-11(16)8-13)7-9-2-3-10(14)6-12(9)15/h2-3,6H,4-5,7-8H2,1H3. The Balaban J connectivity index is 2.17. The lowest BCUT2D eigenvalue weighted by molar-refractivity contribution is -0.117. The van der Waals surface area contributed by atoms with E-state index in [4.69, 9.17) is 0 Å². The third-order valence-electron chi connectivity index (χ3n) is 3.26. The van der Waals surface area contributed by atoms with Gasteiger partial charge in [0.2, 0.25) is 0 Å². The molecule has 1 atom stereocenters. The monoisotopic (exact) mass is 224 g/mol. The average Bonchev–Trinajstić information content (AvgIpc) is 2.52. The molecule has 1 nitrogen and oxygen atoms in total. The zero-order valence-electron chi connectivity index (χ0n) is 9.22. The smallest absolute Gasteiger partial charge is 0.133 e. The lowest BCUT2D eigenvalue weighted by Crippen LogP contribution is -2.16. The molecule has 0 radical (unpaired) electrons. The summed E-state index contributed by atoms with van der Waals surface area (Å²) in [6.07, 6.45) is 2.39. The summed E-state index contributed by atoms with van der Waals surface area (Å²) >= 11 is 0. The molecule has 2 rings (SSSR count).